The number of thiophene rings is 1. The molecule has 0 saturated carbocycles. The quantitative estimate of drug-likeness (QED) is 0.737. The van der Waals surface area contributed by atoms with Crippen LogP contribution in [0.15, 0.2) is 12.1 Å². The van der Waals surface area contributed by atoms with Crippen LogP contribution in [0.3, 0.4) is 0 Å². The van der Waals surface area contributed by atoms with Crippen molar-refractivity contribution in [2.45, 2.75) is 38.8 Å². The predicted molar refractivity (Wildman–Crippen MR) is 57.8 cm³/mol. The van der Waals surface area contributed by atoms with E-state index < -0.39 is 5.79 Å². The minimum Gasteiger partial charge on any atom is -0.344 e. The van der Waals surface area contributed by atoms with E-state index in [0.717, 1.165) is 9.21 Å². The van der Waals surface area contributed by atoms with Crippen LogP contribution < -0.4 is 0 Å². The van der Waals surface area contributed by atoms with Crippen molar-refractivity contribution in [2.24, 2.45) is 0 Å². The Hall–Kier alpha value is -0.0900. The second-order valence-electron chi connectivity index (χ2n) is 3.90. The molecular weight excluding hydrogens is 220 g/mol. The Balaban J connectivity index is 2.20. The lowest BCUT2D eigenvalue weighted by Gasteiger charge is -2.16. The molecule has 0 bridgehead atoms. The zero-order chi connectivity index (χ0) is 10.3. The van der Waals surface area contributed by atoms with Crippen LogP contribution in [0.5, 0.6) is 0 Å². The Labute approximate surface area is 92.8 Å². The highest BCUT2D eigenvalue weighted by Crippen LogP contribution is 2.41. The standard InChI is InChI=1S/C10H13ClO2S/c1-6-9(13-10(2,3)12-6)7-4-5-8(11)14-7/h4-6,9H,1-3H3. The summed E-state index contributed by atoms with van der Waals surface area (Å²) in [5.74, 6) is -0.486. The highest BCUT2D eigenvalue weighted by Gasteiger charge is 2.40. The largest absolute Gasteiger partial charge is 0.344 e. The summed E-state index contributed by atoms with van der Waals surface area (Å²) in [4.78, 5) is 1.13. The molecule has 78 valence electrons. The predicted octanol–water partition coefficient (Wildman–Crippen LogP) is 3.61. The van der Waals surface area contributed by atoms with Crippen LogP contribution in [0.2, 0.25) is 4.34 Å². The molecule has 2 heterocycles. The van der Waals surface area contributed by atoms with Crippen molar-refractivity contribution in [3.8, 4) is 0 Å². The molecule has 1 aliphatic rings. The van der Waals surface area contributed by atoms with E-state index in [0.29, 0.717) is 0 Å². The fraction of sp³-hybridized carbons (Fsp3) is 0.600. The smallest absolute Gasteiger partial charge is 0.164 e. The zero-order valence-electron chi connectivity index (χ0n) is 8.41. The SMILES string of the molecule is CC1OC(C)(C)OC1c1ccc(Cl)s1. The minimum atomic E-state index is -0.486. The van der Waals surface area contributed by atoms with E-state index in [2.05, 4.69) is 0 Å². The van der Waals surface area contributed by atoms with Gasteiger partial charge in [-0.15, -0.1) is 11.3 Å². The van der Waals surface area contributed by atoms with Crippen molar-refractivity contribution < 1.29 is 9.47 Å². The van der Waals surface area contributed by atoms with E-state index >= 15 is 0 Å². The summed E-state index contributed by atoms with van der Waals surface area (Å²) in [6.45, 7) is 5.88. The molecule has 1 aromatic rings. The number of rotatable bonds is 1. The third kappa shape index (κ3) is 1.96. The van der Waals surface area contributed by atoms with Gasteiger partial charge in [0, 0.05) is 4.88 Å². The van der Waals surface area contributed by atoms with Crippen LogP contribution in [0.1, 0.15) is 31.8 Å². The van der Waals surface area contributed by atoms with Crippen molar-refractivity contribution >= 4 is 22.9 Å². The number of ether oxygens (including phenoxy) is 2. The molecule has 14 heavy (non-hydrogen) atoms. The van der Waals surface area contributed by atoms with Crippen LogP contribution >= 0.6 is 22.9 Å². The van der Waals surface area contributed by atoms with E-state index in [1.54, 1.807) is 11.3 Å². The Bertz CT molecular complexity index is 335. The second kappa shape index (κ2) is 3.49. The molecule has 4 heteroatoms. The Kier molecular flexibility index (Phi) is 2.60. The molecule has 0 amide bonds. The van der Waals surface area contributed by atoms with E-state index in [9.17, 15) is 0 Å². The average molecular weight is 233 g/mol. The summed E-state index contributed by atoms with van der Waals surface area (Å²) < 4.78 is 12.2. The van der Waals surface area contributed by atoms with Gasteiger partial charge in [0.2, 0.25) is 0 Å². The van der Waals surface area contributed by atoms with Gasteiger partial charge in [-0.05, 0) is 32.9 Å². The summed E-state index contributed by atoms with van der Waals surface area (Å²) in [6, 6.07) is 3.89. The molecule has 2 nitrogen and oxygen atoms in total. The molecule has 1 aromatic heterocycles. The molecule has 1 aliphatic heterocycles. The van der Waals surface area contributed by atoms with Crippen LogP contribution in [-0.2, 0) is 9.47 Å². The minimum absolute atomic E-state index is 0.0162. The molecule has 2 rings (SSSR count). The van der Waals surface area contributed by atoms with Crippen molar-refractivity contribution in [3.05, 3.63) is 21.3 Å². The van der Waals surface area contributed by atoms with Gasteiger partial charge in [0.15, 0.2) is 5.79 Å². The van der Waals surface area contributed by atoms with Crippen molar-refractivity contribution in [1.82, 2.24) is 0 Å². The molecule has 2 atom stereocenters. The Morgan fingerprint density at radius 3 is 2.50 bits per heavy atom. The lowest BCUT2D eigenvalue weighted by atomic mass is 10.2. The summed E-state index contributed by atoms with van der Waals surface area (Å²) in [7, 11) is 0. The lowest BCUT2D eigenvalue weighted by molar-refractivity contribution is -0.145. The topological polar surface area (TPSA) is 18.5 Å². The van der Waals surface area contributed by atoms with Gasteiger partial charge < -0.3 is 9.47 Å². The third-order valence-corrected chi connectivity index (χ3v) is 3.47. The third-order valence-electron chi connectivity index (χ3n) is 2.18. The van der Waals surface area contributed by atoms with Gasteiger partial charge in [-0.3, -0.25) is 0 Å². The van der Waals surface area contributed by atoms with Crippen LogP contribution in [0.4, 0.5) is 0 Å². The Morgan fingerprint density at radius 2 is 2.07 bits per heavy atom. The first-order valence-corrected chi connectivity index (χ1v) is 5.78. The molecule has 0 spiro atoms. The zero-order valence-corrected chi connectivity index (χ0v) is 9.98. The molecule has 1 saturated heterocycles. The van der Waals surface area contributed by atoms with Crippen LogP contribution in [-0.4, -0.2) is 11.9 Å². The first-order valence-electron chi connectivity index (χ1n) is 4.59. The van der Waals surface area contributed by atoms with Crippen LogP contribution in [0.25, 0.3) is 0 Å². The summed E-state index contributed by atoms with van der Waals surface area (Å²) >= 11 is 7.43. The maximum Gasteiger partial charge on any atom is 0.164 e. The van der Waals surface area contributed by atoms with Gasteiger partial charge in [0.05, 0.1) is 10.4 Å². The molecule has 1 fully saturated rings. The molecule has 0 aromatic carbocycles. The summed E-state index contributed by atoms with van der Waals surface area (Å²) in [5, 5.41) is 0. The van der Waals surface area contributed by atoms with Gasteiger partial charge in [-0.25, -0.2) is 0 Å². The second-order valence-corrected chi connectivity index (χ2v) is 5.65. The first-order chi connectivity index (χ1) is 6.48. The number of hydrogen-bond acceptors (Lipinski definition) is 3. The van der Waals surface area contributed by atoms with E-state index in [1.807, 2.05) is 32.9 Å². The van der Waals surface area contributed by atoms with Crippen molar-refractivity contribution in [2.75, 3.05) is 0 Å². The Morgan fingerprint density at radius 1 is 1.36 bits per heavy atom. The monoisotopic (exact) mass is 232 g/mol. The lowest BCUT2D eigenvalue weighted by Crippen LogP contribution is -2.20. The maximum atomic E-state index is 5.88. The van der Waals surface area contributed by atoms with Crippen LogP contribution in [0, 0.1) is 0 Å². The van der Waals surface area contributed by atoms with Crippen molar-refractivity contribution in [1.29, 1.82) is 0 Å². The summed E-state index contributed by atoms with van der Waals surface area (Å²) in [6.07, 6.45) is 0.0993. The molecule has 0 radical (unpaired) electrons. The molecule has 0 N–H and O–H groups in total. The molecule has 0 aliphatic carbocycles. The van der Waals surface area contributed by atoms with Gasteiger partial charge in [0.1, 0.15) is 6.10 Å². The van der Waals surface area contributed by atoms with Gasteiger partial charge in [0.25, 0.3) is 0 Å². The van der Waals surface area contributed by atoms with Gasteiger partial charge in [-0.2, -0.15) is 0 Å². The average Bonchev–Trinajstić information content (AvgIpc) is 2.55. The summed E-state index contributed by atoms with van der Waals surface area (Å²) in [5.41, 5.74) is 0. The fourth-order valence-electron chi connectivity index (χ4n) is 1.71. The van der Waals surface area contributed by atoms with E-state index in [1.165, 1.54) is 0 Å². The molecule has 2 unspecified atom stereocenters. The number of hydrogen-bond donors (Lipinski definition) is 0. The normalized spacial score (nSPS) is 30.9. The molecular formula is C10H13ClO2S. The maximum absolute atomic E-state index is 5.88. The fourth-order valence-corrected chi connectivity index (χ4v) is 2.89. The highest BCUT2D eigenvalue weighted by molar-refractivity contribution is 7.16. The van der Waals surface area contributed by atoms with Crippen molar-refractivity contribution in [3.63, 3.8) is 0 Å². The first kappa shape index (κ1) is 10.4. The highest BCUT2D eigenvalue weighted by atomic mass is 35.5. The van der Waals surface area contributed by atoms with Gasteiger partial charge >= 0.3 is 0 Å². The van der Waals surface area contributed by atoms with Gasteiger partial charge in [-0.1, -0.05) is 11.6 Å². The number of halogens is 1. The van der Waals surface area contributed by atoms with E-state index in [-0.39, 0.29) is 12.2 Å². The van der Waals surface area contributed by atoms with E-state index in [4.69, 9.17) is 21.1 Å².